The summed E-state index contributed by atoms with van der Waals surface area (Å²) in [6.07, 6.45) is 6.68. The van der Waals surface area contributed by atoms with Crippen LogP contribution in [0.2, 0.25) is 5.02 Å². The smallest absolute Gasteiger partial charge is 0.263 e. The molecule has 0 fully saturated rings. The minimum absolute atomic E-state index is 0.0939. The lowest BCUT2D eigenvalue weighted by Crippen LogP contribution is -2.14. The molecule has 0 bridgehead atoms. The van der Waals surface area contributed by atoms with Crippen LogP contribution < -0.4 is 4.72 Å². The Balaban J connectivity index is 2.36. The third-order valence-electron chi connectivity index (χ3n) is 1.83. The van der Waals surface area contributed by atoms with Crippen LogP contribution in [0.5, 0.6) is 0 Å². The number of sulfonamides is 1. The maximum atomic E-state index is 11.9. The molecule has 2 rings (SSSR count). The largest absolute Gasteiger partial charge is 0.266 e. The zero-order valence-corrected chi connectivity index (χ0v) is 9.98. The fourth-order valence-electron chi connectivity index (χ4n) is 1.11. The first-order valence-corrected chi connectivity index (χ1v) is 6.34. The molecule has 88 valence electrons. The number of halogens is 1. The standard InChI is InChI=1S/C9H7ClN4O2S/c10-7-1-2-11-5-8(7)17(15,16)14-9-6-12-3-4-13-9/h1-6H,(H,13,14). The highest BCUT2D eigenvalue weighted by molar-refractivity contribution is 7.92. The Kier molecular flexibility index (Phi) is 3.21. The van der Waals surface area contributed by atoms with E-state index in [1.54, 1.807) is 0 Å². The molecular weight excluding hydrogens is 264 g/mol. The SMILES string of the molecule is O=S(=O)(Nc1cnccn1)c1cnccc1Cl. The fraction of sp³-hybridized carbons (Fsp3) is 0. The molecule has 0 aliphatic rings. The van der Waals surface area contributed by atoms with Crippen LogP contribution in [0.1, 0.15) is 0 Å². The lowest BCUT2D eigenvalue weighted by atomic mass is 10.5. The van der Waals surface area contributed by atoms with Crippen LogP contribution in [0.4, 0.5) is 5.82 Å². The first-order valence-electron chi connectivity index (χ1n) is 4.48. The maximum Gasteiger partial charge on any atom is 0.266 e. The van der Waals surface area contributed by atoms with E-state index >= 15 is 0 Å². The van der Waals surface area contributed by atoms with Gasteiger partial charge in [-0.15, -0.1) is 0 Å². The van der Waals surface area contributed by atoms with E-state index in [2.05, 4.69) is 19.7 Å². The number of nitrogens with one attached hydrogen (secondary N) is 1. The fourth-order valence-corrected chi connectivity index (χ4v) is 2.53. The van der Waals surface area contributed by atoms with Gasteiger partial charge in [-0.3, -0.25) is 14.7 Å². The van der Waals surface area contributed by atoms with Crippen LogP contribution in [0.15, 0.2) is 41.9 Å². The monoisotopic (exact) mass is 270 g/mol. The first-order chi connectivity index (χ1) is 8.09. The van der Waals surface area contributed by atoms with Gasteiger partial charge in [-0.05, 0) is 6.07 Å². The van der Waals surface area contributed by atoms with Gasteiger partial charge in [0, 0.05) is 24.8 Å². The summed E-state index contributed by atoms with van der Waals surface area (Å²) >= 11 is 5.78. The number of hydrogen-bond acceptors (Lipinski definition) is 5. The molecule has 0 aliphatic heterocycles. The molecule has 0 saturated carbocycles. The second-order valence-corrected chi connectivity index (χ2v) is 5.06. The average molecular weight is 271 g/mol. The van der Waals surface area contributed by atoms with Crippen molar-refractivity contribution in [3.63, 3.8) is 0 Å². The van der Waals surface area contributed by atoms with Crippen molar-refractivity contribution >= 4 is 27.4 Å². The van der Waals surface area contributed by atoms with Gasteiger partial charge in [0.05, 0.1) is 11.2 Å². The molecule has 0 atom stereocenters. The predicted molar refractivity (Wildman–Crippen MR) is 62.1 cm³/mol. The number of nitrogens with zero attached hydrogens (tertiary/aromatic N) is 3. The molecule has 2 aromatic rings. The average Bonchev–Trinajstić information content (AvgIpc) is 2.30. The summed E-state index contributed by atoms with van der Waals surface area (Å²) in [7, 11) is -3.79. The molecule has 0 aliphatic carbocycles. The highest BCUT2D eigenvalue weighted by atomic mass is 35.5. The zero-order chi connectivity index (χ0) is 12.3. The van der Waals surface area contributed by atoms with Crippen molar-refractivity contribution in [3.8, 4) is 0 Å². The molecule has 0 saturated heterocycles. The lowest BCUT2D eigenvalue weighted by molar-refractivity contribution is 0.600. The number of aromatic nitrogens is 3. The predicted octanol–water partition coefficient (Wildman–Crippen LogP) is 1.33. The van der Waals surface area contributed by atoms with Gasteiger partial charge in [0.15, 0.2) is 5.82 Å². The van der Waals surface area contributed by atoms with E-state index in [0.717, 1.165) is 0 Å². The Morgan fingerprint density at radius 1 is 1.12 bits per heavy atom. The van der Waals surface area contributed by atoms with Crippen molar-refractivity contribution in [1.82, 2.24) is 15.0 Å². The van der Waals surface area contributed by atoms with Crippen molar-refractivity contribution in [2.24, 2.45) is 0 Å². The second-order valence-electron chi connectivity index (χ2n) is 3.00. The summed E-state index contributed by atoms with van der Waals surface area (Å²) in [6, 6.07) is 1.40. The molecule has 2 aromatic heterocycles. The third-order valence-corrected chi connectivity index (χ3v) is 3.65. The van der Waals surface area contributed by atoms with E-state index in [4.69, 9.17) is 11.6 Å². The third kappa shape index (κ3) is 2.69. The molecule has 6 nitrogen and oxygen atoms in total. The molecule has 1 N–H and O–H groups in total. The van der Waals surface area contributed by atoms with Crippen LogP contribution in [0, 0.1) is 0 Å². The van der Waals surface area contributed by atoms with Gasteiger partial charge < -0.3 is 0 Å². The number of anilines is 1. The molecule has 0 amide bonds. The summed E-state index contributed by atoms with van der Waals surface area (Å²) in [5.41, 5.74) is 0. The van der Waals surface area contributed by atoms with E-state index in [1.165, 1.54) is 37.1 Å². The number of pyridine rings is 1. The van der Waals surface area contributed by atoms with E-state index in [-0.39, 0.29) is 15.7 Å². The molecule has 8 heteroatoms. The van der Waals surface area contributed by atoms with Crippen LogP contribution in [0.3, 0.4) is 0 Å². The van der Waals surface area contributed by atoms with Gasteiger partial charge in [0.1, 0.15) is 4.90 Å². The minimum atomic E-state index is -3.79. The van der Waals surface area contributed by atoms with E-state index < -0.39 is 10.0 Å². The summed E-state index contributed by atoms with van der Waals surface area (Å²) in [6.45, 7) is 0. The van der Waals surface area contributed by atoms with Crippen molar-refractivity contribution in [3.05, 3.63) is 42.1 Å². The summed E-state index contributed by atoms with van der Waals surface area (Å²) in [4.78, 5) is 11.2. The zero-order valence-electron chi connectivity index (χ0n) is 8.41. The van der Waals surface area contributed by atoms with Gasteiger partial charge in [-0.25, -0.2) is 13.4 Å². The highest BCUT2D eigenvalue weighted by Gasteiger charge is 2.18. The Bertz CT molecular complexity index is 618. The molecule has 17 heavy (non-hydrogen) atoms. The van der Waals surface area contributed by atoms with Crippen molar-refractivity contribution < 1.29 is 8.42 Å². The quantitative estimate of drug-likeness (QED) is 0.909. The Morgan fingerprint density at radius 3 is 2.53 bits per heavy atom. The van der Waals surface area contributed by atoms with Crippen molar-refractivity contribution in [2.45, 2.75) is 4.90 Å². The van der Waals surface area contributed by atoms with E-state index in [1.807, 2.05) is 0 Å². The number of rotatable bonds is 3. The Labute approximate surface area is 103 Å². The van der Waals surface area contributed by atoms with Crippen LogP contribution in [-0.2, 0) is 10.0 Å². The molecule has 2 heterocycles. The van der Waals surface area contributed by atoms with E-state index in [0.29, 0.717) is 0 Å². The molecule has 0 aromatic carbocycles. The Morgan fingerprint density at radius 2 is 1.88 bits per heavy atom. The highest BCUT2D eigenvalue weighted by Crippen LogP contribution is 2.21. The van der Waals surface area contributed by atoms with Gasteiger partial charge >= 0.3 is 0 Å². The maximum absolute atomic E-state index is 11.9. The lowest BCUT2D eigenvalue weighted by Gasteiger charge is -2.07. The van der Waals surface area contributed by atoms with Crippen LogP contribution in [-0.4, -0.2) is 23.4 Å². The topological polar surface area (TPSA) is 84.8 Å². The molecular formula is C9H7ClN4O2S. The van der Waals surface area contributed by atoms with E-state index in [9.17, 15) is 8.42 Å². The van der Waals surface area contributed by atoms with Gasteiger partial charge in [0.25, 0.3) is 10.0 Å². The number of hydrogen-bond donors (Lipinski definition) is 1. The molecule has 0 spiro atoms. The normalized spacial score (nSPS) is 11.1. The second kappa shape index (κ2) is 4.64. The minimum Gasteiger partial charge on any atom is -0.263 e. The van der Waals surface area contributed by atoms with Crippen molar-refractivity contribution in [2.75, 3.05) is 4.72 Å². The van der Waals surface area contributed by atoms with Crippen molar-refractivity contribution in [1.29, 1.82) is 0 Å². The molecule has 0 radical (unpaired) electrons. The van der Waals surface area contributed by atoms with Gasteiger partial charge in [0.2, 0.25) is 0 Å². The van der Waals surface area contributed by atoms with Gasteiger partial charge in [-0.2, -0.15) is 0 Å². The summed E-state index contributed by atoms with van der Waals surface area (Å²) in [5.74, 6) is 0.118. The summed E-state index contributed by atoms with van der Waals surface area (Å²) < 4.78 is 26.1. The molecule has 0 unspecified atom stereocenters. The van der Waals surface area contributed by atoms with Crippen LogP contribution >= 0.6 is 11.6 Å². The van der Waals surface area contributed by atoms with Gasteiger partial charge in [-0.1, -0.05) is 11.6 Å². The van der Waals surface area contributed by atoms with Crippen LogP contribution in [0.25, 0.3) is 0 Å². The Hall–Kier alpha value is -1.73. The summed E-state index contributed by atoms with van der Waals surface area (Å²) in [5, 5.41) is 0.0939. The first kappa shape index (κ1) is 11.7.